The van der Waals surface area contributed by atoms with Crippen molar-refractivity contribution in [3.05, 3.63) is 33.9 Å². The summed E-state index contributed by atoms with van der Waals surface area (Å²) >= 11 is 0. The van der Waals surface area contributed by atoms with Crippen LogP contribution in [0.3, 0.4) is 0 Å². The summed E-state index contributed by atoms with van der Waals surface area (Å²) in [4.78, 5) is 21.7. The number of carbonyl (C=O) groups excluding carboxylic acids is 1. The maximum absolute atomic E-state index is 11.4. The van der Waals surface area contributed by atoms with E-state index in [-0.39, 0.29) is 11.6 Å². The molecule has 104 valence electrons. The third-order valence-electron chi connectivity index (χ3n) is 2.54. The van der Waals surface area contributed by atoms with Crippen molar-refractivity contribution in [1.82, 2.24) is 10.6 Å². The Balaban J connectivity index is 2.99. The lowest BCUT2D eigenvalue weighted by Gasteiger charge is -2.16. The van der Waals surface area contributed by atoms with Gasteiger partial charge in [0.25, 0.3) is 11.6 Å². The van der Waals surface area contributed by atoms with Gasteiger partial charge in [-0.05, 0) is 20.0 Å². The summed E-state index contributed by atoms with van der Waals surface area (Å²) in [5.41, 5.74) is 0.623. The number of nitrogens with one attached hydrogen (secondary N) is 2. The van der Waals surface area contributed by atoms with Gasteiger partial charge in [0.2, 0.25) is 0 Å². The molecule has 0 saturated carbocycles. The lowest BCUT2D eigenvalue weighted by Crippen LogP contribution is -2.34. The normalized spacial score (nSPS) is 11.7. The van der Waals surface area contributed by atoms with Crippen molar-refractivity contribution in [2.75, 3.05) is 14.1 Å². The van der Waals surface area contributed by atoms with Crippen LogP contribution in [-0.4, -0.2) is 31.0 Å². The Morgan fingerprint density at radius 3 is 2.68 bits per heavy atom. The second-order valence-corrected chi connectivity index (χ2v) is 3.95. The molecule has 1 aromatic rings. The first-order chi connectivity index (χ1) is 8.99. The maximum Gasteiger partial charge on any atom is 0.270 e. The highest BCUT2D eigenvalue weighted by atomic mass is 16.6. The molecule has 1 amide bonds. The van der Waals surface area contributed by atoms with Crippen LogP contribution in [0.4, 0.5) is 5.69 Å². The van der Waals surface area contributed by atoms with Crippen LogP contribution in [-0.2, 0) is 11.3 Å². The van der Waals surface area contributed by atoms with E-state index in [2.05, 4.69) is 10.6 Å². The van der Waals surface area contributed by atoms with Gasteiger partial charge in [0.1, 0.15) is 5.75 Å². The third kappa shape index (κ3) is 3.92. The number of nitrogens with zero attached hydrogens (tertiary/aromatic N) is 1. The number of hydrogen-bond acceptors (Lipinski definition) is 5. The minimum absolute atomic E-state index is 0.00908. The zero-order valence-electron chi connectivity index (χ0n) is 11.1. The van der Waals surface area contributed by atoms with Gasteiger partial charge in [-0.2, -0.15) is 0 Å². The van der Waals surface area contributed by atoms with E-state index in [4.69, 9.17) is 4.74 Å². The van der Waals surface area contributed by atoms with Crippen LogP contribution in [0.15, 0.2) is 18.2 Å². The van der Waals surface area contributed by atoms with Gasteiger partial charge in [0, 0.05) is 31.3 Å². The summed E-state index contributed by atoms with van der Waals surface area (Å²) in [6.45, 7) is 2.03. The molecule has 1 unspecified atom stereocenters. The van der Waals surface area contributed by atoms with Gasteiger partial charge in [0.15, 0.2) is 6.10 Å². The highest BCUT2D eigenvalue weighted by molar-refractivity contribution is 5.80. The van der Waals surface area contributed by atoms with Gasteiger partial charge in [-0.15, -0.1) is 0 Å². The fourth-order valence-electron chi connectivity index (χ4n) is 1.57. The number of benzene rings is 1. The highest BCUT2D eigenvalue weighted by Gasteiger charge is 2.17. The Bertz CT molecular complexity index is 476. The molecule has 1 rings (SSSR count). The van der Waals surface area contributed by atoms with Crippen LogP contribution >= 0.6 is 0 Å². The first kappa shape index (κ1) is 14.9. The molecule has 1 atom stereocenters. The van der Waals surface area contributed by atoms with Crippen molar-refractivity contribution in [1.29, 1.82) is 0 Å². The SMILES string of the molecule is CNCc1cc([N+](=O)[O-])ccc1OC(C)C(=O)NC. The number of nitro benzene ring substituents is 1. The Morgan fingerprint density at radius 2 is 2.16 bits per heavy atom. The number of amides is 1. The van der Waals surface area contributed by atoms with Gasteiger partial charge in [-0.1, -0.05) is 0 Å². The standard InChI is InChI=1S/C12H17N3O4/c1-8(12(16)14-3)19-11-5-4-10(15(17)18)6-9(11)7-13-2/h4-6,8,13H,7H2,1-3H3,(H,14,16). The number of rotatable bonds is 6. The largest absolute Gasteiger partial charge is 0.481 e. The Kier molecular flexibility index (Phi) is 5.25. The number of ether oxygens (including phenoxy) is 1. The van der Waals surface area contributed by atoms with Crippen LogP contribution in [0, 0.1) is 10.1 Å². The van der Waals surface area contributed by atoms with Crippen LogP contribution in [0.2, 0.25) is 0 Å². The molecule has 7 nitrogen and oxygen atoms in total. The lowest BCUT2D eigenvalue weighted by atomic mass is 10.1. The third-order valence-corrected chi connectivity index (χ3v) is 2.54. The molecule has 2 N–H and O–H groups in total. The van der Waals surface area contributed by atoms with Gasteiger partial charge in [-0.3, -0.25) is 14.9 Å². The zero-order valence-corrected chi connectivity index (χ0v) is 11.1. The number of non-ortho nitro benzene ring substituents is 1. The smallest absolute Gasteiger partial charge is 0.270 e. The average Bonchev–Trinajstić information content (AvgIpc) is 2.39. The molecule has 0 aliphatic heterocycles. The summed E-state index contributed by atoms with van der Waals surface area (Å²) in [6, 6.07) is 4.29. The Hall–Kier alpha value is -2.15. The predicted molar refractivity (Wildman–Crippen MR) is 70.0 cm³/mol. The highest BCUT2D eigenvalue weighted by Crippen LogP contribution is 2.25. The summed E-state index contributed by atoms with van der Waals surface area (Å²) in [7, 11) is 3.25. The molecule has 1 aromatic carbocycles. The molecule has 0 aliphatic carbocycles. The van der Waals surface area contributed by atoms with Crippen LogP contribution in [0.5, 0.6) is 5.75 Å². The summed E-state index contributed by atoms with van der Waals surface area (Å²) in [6.07, 6.45) is -0.665. The monoisotopic (exact) mass is 267 g/mol. The van der Waals surface area contributed by atoms with E-state index in [0.29, 0.717) is 17.9 Å². The van der Waals surface area contributed by atoms with E-state index in [1.54, 1.807) is 14.0 Å². The molecule has 0 aromatic heterocycles. The number of carbonyl (C=O) groups is 1. The topological polar surface area (TPSA) is 93.5 Å². The Morgan fingerprint density at radius 1 is 1.47 bits per heavy atom. The summed E-state index contributed by atoms with van der Waals surface area (Å²) < 4.78 is 5.51. The fraction of sp³-hybridized carbons (Fsp3) is 0.417. The fourth-order valence-corrected chi connectivity index (χ4v) is 1.57. The molecule has 0 heterocycles. The van der Waals surface area contributed by atoms with E-state index >= 15 is 0 Å². The second-order valence-electron chi connectivity index (χ2n) is 3.95. The zero-order chi connectivity index (χ0) is 14.4. The van der Waals surface area contributed by atoms with Crippen LogP contribution < -0.4 is 15.4 Å². The number of hydrogen-bond donors (Lipinski definition) is 2. The van der Waals surface area contributed by atoms with Crippen molar-refractivity contribution in [3.8, 4) is 5.75 Å². The minimum Gasteiger partial charge on any atom is -0.481 e. The quantitative estimate of drug-likeness (QED) is 0.588. The van der Waals surface area contributed by atoms with Gasteiger partial charge in [-0.25, -0.2) is 0 Å². The van der Waals surface area contributed by atoms with E-state index in [9.17, 15) is 14.9 Å². The van der Waals surface area contributed by atoms with Crippen LogP contribution in [0.25, 0.3) is 0 Å². The first-order valence-corrected chi connectivity index (χ1v) is 5.79. The molecular formula is C12H17N3O4. The van der Waals surface area contributed by atoms with Gasteiger partial charge >= 0.3 is 0 Å². The molecule has 0 spiro atoms. The Labute approximate surface area is 111 Å². The average molecular weight is 267 g/mol. The molecule has 0 fully saturated rings. The summed E-state index contributed by atoms with van der Waals surface area (Å²) in [5.74, 6) is 0.199. The number of likely N-dealkylation sites (N-methyl/N-ethyl adjacent to an activating group) is 1. The van der Waals surface area contributed by atoms with Crippen molar-refractivity contribution in [3.63, 3.8) is 0 Å². The van der Waals surface area contributed by atoms with Crippen molar-refractivity contribution in [2.45, 2.75) is 19.6 Å². The maximum atomic E-state index is 11.4. The number of nitro groups is 1. The predicted octanol–water partition coefficient (Wildman–Crippen LogP) is 0.827. The molecule has 0 radical (unpaired) electrons. The van der Waals surface area contributed by atoms with E-state index in [1.165, 1.54) is 25.2 Å². The lowest BCUT2D eigenvalue weighted by molar-refractivity contribution is -0.384. The molecule has 19 heavy (non-hydrogen) atoms. The second kappa shape index (κ2) is 6.69. The molecule has 0 saturated heterocycles. The van der Waals surface area contributed by atoms with E-state index in [0.717, 1.165) is 0 Å². The van der Waals surface area contributed by atoms with E-state index < -0.39 is 11.0 Å². The van der Waals surface area contributed by atoms with Crippen LogP contribution in [0.1, 0.15) is 12.5 Å². The first-order valence-electron chi connectivity index (χ1n) is 5.79. The van der Waals surface area contributed by atoms with Gasteiger partial charge in [0.05, 0.1) is 4.92 Å². The van der Waals surface area contributed by atoms with Crippen molar-refractivity contribution in [2.24, 2.45) is 0 Å². The van der Waals surface area contributed by atoms with E-state index in [1.807, 2.05) is 0 Å². The molecule has 0 bridgehead atoms. The molecule has 0 aliphatic rings. The molecular weight excluding hydrogens is 250 g/mol. The minimum atomic E-state index is -0.665. The molecule has 7 heteroatoms. The van der Waals surface area contributed by atoms with Crippen molar-refractivity contribution >= 4 is 11.6 Å². The summed E-state index contributed by atoms with van der Waals surface area (Å²) in [5, 5.41) is 16.1. The van der Waals surface area contributed by atoms with Gasteiger partial charge < -0.3 is 15.4 Å². The van der Waals surface area contributed by atoms with Crippen molar-refractivity contribution < 1.29 is 14.5 Å².